The van der Waals surface area contributed by atoms with Crippen molar-refractivity contribution in [2.24, 2.45) is 5.73 Å². The number of phenols is 1. The summed E-state index contributed by atoms with van der Waals surface area (Å²) in [4.78, 5) is 12.9. The van der Waals surface area contributed by atoms with E-state index < -0.39 is 5.91 Å². The average Bonchev–Trinajstić information content (AvgIpc) is 3.27. The lowest BCUT2D eigenvalue weighted by atomic mass is 10.0. The Morgan fingerprint density at radius 2 is 2.00 bits per heavy atom. The molecule has 1 amide bonds. The minimum absolute atomic E-state index is 0.0586. The first kappa shape index (κ1) is 24.5. The standard InChI is InChI=1S/C18H22N2O2.C7H6ClNO2/c1-21-12-15-5-4-10-20(15)13-22-18-9-8-14(11-19)16-6-2-3-7-17(16)18;8-5-3-4(7(9)11)1-2-6(5)10/h2-3,6-9,11,15,19H,4-5,10,12-13H2,1H3;1-3,10H,(H2,9,11). The number of carbonyl (C=O) groups excluding carboxylic acids is 1. The molecule has 174 valence electrons. The van der Waals surface area contributed by atoms with Crippen molar-refractivity contribution in [1.82, 2.24) is 4.90 Å². The number of hydrogen-bond donors (Lipinski definition) is 3. The molecule has 1 aliphatic rings. The molecule has 1 fully saturated rings. The number of aromatic hydroxyl groups is 1. The topological polar surface area (TPSA) is 109 Å². The maximum atomic E-state index is 10.5. The number of benzene rings is 3. The van der Waals surface area contributed by atoms with Crippen LogP contribution >= 0.6 is 11.6 Å². The minimum Gasteiger partial charge on any atom is -0.506 e. The smallest absolute Gasteiger partial charge is 0.248 e. The summed E-state index contributed by atoms with van der Waals surface area (Å²) < 4.78 is 11.4. The number of halogens is 1. The van der Waals surface area contributed by atoms with Crippen LogP contribution in [-0.4, -0.2) is 55.2 Å². The molecule has 0 aliphatic carbocycles. The molecule has 1 aliphatic heterocycles. The van der Waals surface area contributed by atoms with Crippen LogP contribution in [0.2, 0.25) is 5.02 Å². The molecule has 0 bridgehead atoms. The summed E-state index contributed by atoms with van der Waals surface area (Å²) in [6, 6.07) is 16.5. The van der Waals surface area contributed by atoms with E-state index in [1.807, 2.05) is 36.4 Å². The lowest BCUT2D eigenvalue weighted by molar-refractivity contribution is 0.0649. The summed E-state index contributed by atoms with van der Waals surface area (Å²) in [5.41, 5.74) is 6.16. The number of likely N-dealkylation sites (tertiary alicyclic amines) is 1. The number of phenolic OH excluding ortho intramolecular Hbond substituents is 1. The van der Waals surface area contributed by atoms with Crippen LogP contribution in [0.5, 0.6) is 11.5 Å². The van der Waals surface area contributed by atoms with E-state index in [2.05, 4.69) is 4.90 Å². The predicted octanol–water partition coefficient (Wildman–Crippen LogP) is 4.43. The molecule has 1 heterocycles. The van der Waals surface area contributed by atoms with Crippen molar-refractivity contribution in [3.63, 3.8) is 0 Å². The predicted molar refractivity (Wildman–Crippen MR) is 131 cm³/mol. The number of primary amides is 1. The van der Waals surface area contributed by atoms with Crippen LogP contribution in [-0.2, 0) is 4.74 Å². The van der Waals surface area contributed by atoms with Gasteiger partial charge in [0.15, 0.2) is 0 Å². The van der Waals surface area contributed by atoms with Gasteiger partial charge >= 0.3 is 0 Å². The second-order valence-electron chi connectivity index (χ2n) is 7.71. The fourth-order valence-corrected chi connectivity index (χ4v) is 3.99. The lowest BCUT2D eigenvalue weighted by Gasteiger charge is -2.24. The largest absolute Gasteiger partial charge is 0.506 e. The van der Waals surface area contributed by atoms with Gasteiger partial charge in [0.05, 0.1) is 11.6 Å². The van der Waals surface area contributed by atoms with E-state index in [1.165, 1.54) is 37.3 Å². The van der Waals surface area contributed by atoms with E-state index in [9.17, 15) is 4.79 Å². The van der Waals surface area contributed by atoms with Crippen LogP contribution in [0.3, 0.4) is 0 Å². The van der Waals surface area contributed by atoms with Gasteiger partial charge in [-0.3, -0.25) is 9.69 Å². The number of methoxy groups -OCH3 is 1. The maximum Gasteiger partial charge on any atom is 0.248 e. The van der Waals surface area contributed by atoms with Crippen molar-refractivity contribution < 1.29 is 19.4 Å². The van der Waals surface area contributed by atoms with Crippen molar-refractivity contribution in [2.45, 2.75) is 18.9 Å². The van der Waals surface area contributed by atoms with E-state index in [1.54, 1.807) is 7.11 Å². The molecule has 0 spiro atoms. The first-order valence-corrected chi connectivity index (χ1v) is 11.0. The third-order valence-electron chi connectivity index (χ3n) is 5.55. The zero-order chi connectivity index (χ0) is 23.8. The first-order chi connectivity index (χ1) is 15.9. The summed E-state index contributed by atoms with van der Waals surface area (Å²) in [6.45, 7) is 2.41. The Bertz CT molecular complexity index is 1120. The molecule has 3 aromatic rings. The van der Waals surface area contributed by atoms with Crippen LogP contribution in [0, 0.1) is 5.41 Å². The number of nitrogens with zero attached hydrogens (tertiary/aromatic N) is 1. The number of nitrogens with two attached hydrogens (primary N) is 1. The minimum atomic E-state index is -0.563. The number of rotatable bonds is 7. The van der Waals surface area contributed by atoms with Gasteiger partial charge in [0.2, 0.25) is 5.91 Å². The fourth-order valence-electron chi connectivity index (χ4n) is 3.81. The molecule has 3 aromatic carbocycles. The van der Waals surface area contributed by atoms with Gasteiger partial charge in [-0.2, -0.15) is 0 Å². The van der Waals surface area contributed by atoms with Crippen molar-refractivity contribution in [3.05, 3.63) is 70.7 Å². The summed E-state index contributed by atoms with van der Waals surface area (Å²) in [7, 11) is 1.75. The fraction of sp³-hybridized carbons (Fsp3) is 0.280. The van der Waals surface area contributed by atoms with Gasteiger partial charge < -0.3 is 25.7 Å². The summed E-state index contributed by atoms with van der Waals surface area (Å²) >= 11 is 5.50. The molecule has 1 saturated heterocycles. The Hall–Kier alpha value is -3.13. The summed E-state index contributed by atoms with van der Waals surface area (Å²) in [5.74, 6) is 0.257. The summed E-state index contributed by atoms with van der Waals surface area (Å²) in [6.07, 6.45) is 3.76. The highest BCUT2D eigenvalue weighted by atomic mass is 35.5. The maximum absolute atomic E-state index is 10.5. The van der Waals surface area contributed by atoms with Gasteiger partial charge in [-0.05, 0) is 48.6 Å². The number of amides is 1. The van der Waals surface area contributed by atoms with Gasteiger partial charge in [0, 0.05) is 42.4 Å². The molecular weight excluding hydrogens is 442 g/mol. The number of carbonyl (C=O) groups is 1. The molecule has 1 unspecified atom stereocenters. The highest BCUT2D eigenvalue weighted by Crippen LogP contribution is 2.29. The molecule has 7 nitrogen and oxygen atoms in total. The lowest BCUT2D eigenvalue weighted by Crippen LogP contribution is -2.35. The summed E-state index contributed by atoms with van der Waals surface area (Å²) in [5, 5.41) is 18.7. The Morgan fingerprint density at radius 3 is 2.67 bits per heavy atom. The van der Waals surface area contributed by atoms with E-state index in [0.717, 1.165) is 35.2 Å². The normalized spacial score (nSPS) is 15.6. The Balaban J connectivity index is 0.000000235. The van der Waals surface area contributed by atoms with E-state index in [4.69, 9.17) is 37.3 Å². The van der Waals surface area contributed by atoms with Gasteiger partial charge in [0.25, 0.3) is 0 Å². The number of nitrogens with one attached hydrogen (secondary N) is 1. The monoisotopic (exact) mass is 469 g/mol. The third-order valence-corrected chi connectivity index (χ3v) is 5.85. The number of ether oxygens (including phenoxy) is 2. The van der Waals surface area contributed by atoms with Gasteiger partial charge in [-0.25, -0.2) is 0 Å². The SMILES string of the molecule is COCC1CCCN1COc1ccc(C=N)c2ccccc12.NC(=O)c1ccc(O)c(Cl)c1. The number of fused-ring (bicyclic) bond motifs is 1. The zero-order valence-electron chi connectivity index (χ0n) is 18.5. The molecule has 0 aromatic heterocycles. The molecule has 0 saturated carbocycles. The molecular formula is C25H28ClN3O4. The van der Waals surface area contributed by atoms with Crippen molar-refractivity contribution in [2.75, 3.05) is 27.0 Å². The van der Waals surface area contributed by atoms with Crippen LogP contribution in [0.15, 0.2) is 54.6 Å². The van der Waals surface area contributed by atoms with Crippen molar-refractivity contribution in [1.29, 1.82) is 5.41 Å². The highest BCUT2D eigenvalue weighted by molar-refractivity contribution is 6.32. The van der Waals surface area contributed by atoms with E-state index in [0.29, 0.717) is 12.8 Å². The van der Waals surface area contributed by atoms with Crippen molar-refractivity contribution >= 4 is 34.5 Å². The zero-order valence-corrected chi connectivity index (χ0v) is 19.2. The Labute approximate surface area is 198 Å². The highest BCUT2D eigenvalue weighted by Gasteiger charge is 2.24. The van der Waals surface area contributed by atoms with Crippen LogP contribution in [0.1, 0.15) is 28.8 Å². The molecule has 4 N–H and O–H groups in total. The third kappa shape index (κ3) is 6.22. The number of hydrogen-bond acceptors (Lipinski definition) is 6. The molecule has 8 heteroatoms. The molecule has 33 heavy (non-hydrogen) atoms. The van der Waals surface area contributed by atoms with Crippen LogP contribution in [0.4, 0.5) is 0 Å². The van der Waals surface area contributed by atoms with E-state index >= 15 is 0 Å². The second kappa shape index (κ2) is 11.7. The Kier molecular flexibility index (Phi) is 8.65. The molecule has 0 radical (unpaired) electrons. The van der Waals surface area contributed by atoms with Crippen molar-refractivity contribution in [3.8, 4) is 11.5 Å². The average molecular weight is 470 g/mol. The Morgan fingerprint density at radius 1 is 1.24 bits per heavy atom. The quantitative estimate of drug-likeness (QED) is 0.443. The van der Waals surface area contributed by atoms with Gasteiger partial charge in [0.1, 0.15) is 18.2 Å². The van der Waals surface area contributed by atoms with E-state index in [-0.39, 0.29) is 16.3 Å². The van der Waals surface area contributed by atoms with Crippen LogP contribution < -0.4 is 10.5 Å². The molecule has 4 rings (SSSR count). The van der Waals surface area contributed by atoms with Crippen LogP contribution in [0.25, 0.3) is 10.8 Å². The molecule has 1 atom stereocenters. The van der Waals surface area contributed by atoms with Gasteiger partial charge in [-0.15, -0.1) is 0 Å². The second-order valence-corrected chi connectivity index (χ2v) is 8.12. The van der Waals surface area contributed by atoms with Gasteiger partial charge in [-0.1, -0.05) is 35.9 Å². The first-order valence-electron chi connectivity index (χ1n) is 10.6.